The second-order valence-corrected chi connectivity index (χ2v) is 16.5. The van der Waals surface area contributed by atoms with E-state index in [0.717, 1.165) is 5.54 Å². The predicted octanol–water partition coefficient (Wildman–Crippen LogP) is 2.51. The molecule has 2 aliphatic carbocycles. The van der Waals surface area contributed by atoms with E-state index in [1.54, 1.807) is 41.1 Å². The van der Waals surface area contributed by atoms with Crippen LogP contribution in [0.15, 0.2) is 102 Å². The van der Waals surface area contributed by atoms with E-state index >= 15 is 0 Å². The summed E-state index contributed by atoms with van der Waals surface area (Å²) < 4.78 is 3.04. The number of benzene rings is 3. The van der Waals surface area contributed by atoms with Crippen molar-refractivity contribution in [3.8, 4) is 16.8 Å². The van der Waals surface area contributed by atoms with E-state index in [-0.39, 0.29) is 24.8 Å². The van der Waals surface area contributed by atoms with Crippen LogP contribution in [0.25, 0.3) is 28.1 Å². The Morgan fingerprint density at radius 2 is 1.41 bits per heavy atom. The van der Waals surface area contributed by atoms with Crippen LogP contribution in [0.5, 0.6) is 0 Å². The molecule has 37 heavy (non-hydrogen) atoms. The van der Waals surface area contributed by atoms with E-state index in [0.29, 0.717) is 3.63 Å². The largest absolute Gasteiger partial charge is 1.00 e. The van der Waals surface area contributed by atoms with Gasteiger partial charge in [0.15, 0.2) is 0 Å². The van der Waals surface area contributed by atoms with Gasteiger partial charge in [-0.3, -0.25) is 0 Å². The maximum atomic E-state index is 2.51. The van der Waals surface area contributed by atoms with Gasteiger partial charge in [0, 0.05) is 23.1 Å². The van der Waals surface area contributed by atoms with Crippen LogP contribution in [-0.4, -0.2) is 12.6 Å². The minimum atomic E-state index is -1.17. The molecule has 0 saturated carbocycles. The third kappa shape index (κ3) is 4.43. The van der Waals surface area contributed by atoms with Crippen LogP contribution in [0.1, 0.15) is 45.4 Å². The number of para-hydroxylation sites is 1. The molecule has 1 nitrogen and oxygen atoms in total. The normalized spacial score (nSPS) is 19.4. The Kier molecular flexibility index (Phi) is 8.13. The van der Waals surface area contributed by atoms with E-state index in [2.05, 4.69) is 129 Å². The summed E-state index contributed by atoms with van der Waals surface area (Å²) in [6, 6.07) is 30.4. The van der Waals surface area contributed by atoms with Gasteiger partial charge in [0.1, 0.15) is 0 Å². The van der Waals surface area contributed by atoms with E-state index in [1.807, 2.05) is 0 Å². The number of hydrogen-bond donors (Lipinski definition) is 0. The topological polar surface area (TPSA) is 4.93 Å². The van der Waals surface area contributed by atoms with Gasteiger partial charge in [0.2, 0.25) is 0 Å². The number of fused-ring (bicyclic) bond motifs is 1. The molecule has 2 atom stereocenters. The molecule has 0 amide bonds. The smallest absolute Gasteiger partial charge is 1.00 e. The monoisotopic (exact) mass is 616 g/mol. The standard InChI is InChI=1S/C16H17NSi.C16H13.2ClH.Zr/c1-11-15-13-9-10-17(12-7-5-4-6-8-12)14(13)16(11)18(15,2)3;1-12-10-14-8-5-9-15(16(14)11-12)13-6-3-2-4-7-13;;;/h4-10,15H,1-3H3;2-11H,1H3;2*1H;/q;;;;+2/p-2. The molecule has 0 spiro atoms. The maximum Gasteiger partial charge on any atom is -1.00 e. The van der Waals surface area contributed by atoms with Gasteiger partial charge in [0.25, 0.3) is 0 Å². The average molecular weight is 619 g/mol. The Hall–Kier alpha value is -1.90. The van der Waals surface area contributed by atoms with Gasteiger partial charge in [-0.25, -0.2) is 0 Å². The Balaban J connectivity index is 0.000000164. The van der Waals surface area contributed by atoms with Crippen molar-refractivity contribution < 1.29 is 49.5 Å². The fourth-order valence-electron chi connectivity index (χ4n) is 6.54. The molecule has 3 heterocycles. The van der Waals surface area contributed by atoms with Crippen molar-refractivity contribution in [1.29, 1.82) is 0 Å². The predicted molar refractivity (Wildman–Crippen MR) is 147 cm³/mol. The Bertz CT molecular complexity index is 1500. The van der Waals surface area contributed by atoms with Crippen molar-refractivity contribution in [2.24, 2.45) is 0 Å². The molecule has 1 aromatic heterocycles. The summed E-state index contributed by atoms with van der Waals surface area (Å²) in [5.74, 6) is 0. The summed E-state index contributed by atoms with van der Waals surface area (Å²) in [6.45, 7) is 9.59. The average Bonchev–Trinajstić information content (AvgIpc) is 3.56. The molecule has 4 aliphatic rings. The molecule has 5 heteroatoms. The molecule has 185 valence electrons. The van der Waals surface area contributed by atoms with E-state index in [1.165, 1.54) is 39.2 Å². The van der Waals surface area contributed by atoms with Gasteiger partial charge >= 0.3 is 118 Å². The SMILES string of the molecule is CC1=C2c3c(ccn3-c3ccccc3)C1[Si]2(C)C.CC1=Cc2c(-c3ccccc3)cccc2[CH]1[Zr+2].[Cl-].[Cl-]. The molecule has 0 N–H and O–H groups in total. The van der Waals surface area contributed by atoms with Crippen molar-refractivity contribution in [2.45, 2.75) is 36.1 Å². The van der Waals surface area contributed by atoms with Gasteiger partial charge < -0.3 is 29.4 Å². The first-order valence-electron chi connectivity index (χ1n) is 12.5. The van der Waals surface area contributed by atoms with E-state index in [4.69, 9.17) is 0 Å². The molecule has 0 fully saturated rings. The van der Waals surface area contributed by atoms with Crippen LogP contribution in [0, 0.1) is 0 Å². The molecule has 0 radical (unpaired) electrons. The van der Waals surface area contributed by atoms with Crippen molar-refractivity contribution in [3.05, 3.63) is 125 Å². The Labute approximate surface area is 249 Å². The molecule has 2 unspecified atom stereocenters. The zero-order chi connectivity index (χ0) is 24.3. The zero-order valence-corrected chi connectivity index (χ0v) is 26.6. The molecular weight excluding hydrogens is 589 g/mol. The molecule has 4 aromatic rings. The number of aromatic nitrogens is 1. The Morgan fingerprint density at radius 1 is 0.757 bits per heavy atom. The number of nitrogens with zero attached hydrogens (tertiary/aromatic N) is 1. The summed E-state index contributed by atoms with van der Waals surface area (Å²) in [4.78, 5) is 0. The summed E-state index contributed by atoms with van der Waals surface area (Å²) in [5.41, 5.74) is 13.9. The van der Waals surface area contributed by atoms with Gasteiger partial charge in [-0.05, 0) is 35.9 Å². The summed E-state index contributed by atoms with van der Waals surface area (Å²) in [5, 5.41) is 1.70. The molecule has 2 aliphatic heterocycles. The molecular formula is C32H30Cl2NSiZr. The van der Waals surface area contributed by atoms with Gasteiger partial charge in [-0.15, -0.1) is 0 Å². The molecule has 3 aromatic carbocycles. The minimum absolute atomic E-state index is 0. The van der Waals surface area contributed by atoms with Crippen molar-refractivity contribution in [1.82, 2.24) is 4.57 Å². The third-order valence-electron chi connectivity index (χ3n) is 8.06. The van der Waals surface area contributed by atoms with Crippen molar-refractivity contribution in [2.75, 3.05) is 0 Å². The summed E-state index contributed by atoms with van der Waals surface area (Å²) in [6.07, 6.45) is 4.60. The molecule has 2 bridgehead atoms. The summed E-state index contributed by atoms with van der Waals surface area (Å²) >= 11 is 1.58. The molecule has 0 saturated heterocycles. The van der Waals surface area contributed by atoms with E-state index < -0.39 is 8.07 Å². The Morgan fingerprint density at radius 3 is 2.05 bits per heavy atom. The number of rotatable bonds is 2. The van der Waals surface area contributed by atoms with Crippen LogP contribution < -0.4 is 24.8 Å². The van der Waals surface area contributed by atoms with Gasteiger partial charge in [-0.2, -0.15) is 0 Å². The quantitative estimate of drug-likeness (QED) is 0.305. The number of hydrogen-bond acceptors (Lipinski definition) is 0. The second kappa shape index (κ2) is 10.7. The zero-order valence-electron chi connectivity index (χ0n) is 21.6. The maximum absolute atomic E-state index is 2.51. The first kappa shape index (κ1) is 28.1. The van der Waals surface area contributed by atoms with Crippen LogP contribution in [0.3, 0.4) is 0 Å². The molecule has 8 rings (SSSR count). The van der Waals surface area contributed by atoms with Crippen LogP contribution in [-0.2, 0) is 24.7 Å². The van der Waals surface area contributed by atoms with Gasteiger partial charge in [-0.1, -0.05) is 36.9 Å². The summed E-state index contributed by atoms with van der Waals surface area (Å²) in [7, 11) is -1.17. The first-order chi connectivity index (χ1) is 16.9. The van der Waals surface area contributed by atoms with Crippen LogP contribution in [0.4, 0.5) is 0 Å². The third-order valence-corrected chi connectivity index (χ3v) is 14.0. The van der Waals surface area contributed by atoms with E-state index in [9.17, 15) is 0 Å². The van der Waals surface area contributed by atoms with Crippen molar-refractivity contribution >= 4 is 19.3 Å². The number of halogens is 2. The van der Waals surface area contributed by atoms with Crippen LogP contribution in [0.2, 0.25) is 13.1 Å². The number of allylic oxidation sites excluding steroid dienone is 2. The van der Waals surface area contributed by atoms with Gasteiger partial charge in [0.05, 0.1) is 8.07 Å². The fraction of sp³-hybridized carbons (Fsp3) is 0.188. The second-order valence-electron chi connectivity index (χ2n) is 10.5. The van der Waals surface area contributed by atoms with Crippen molar-refractivity contribution in [3.63, 3.8) is 0 Å². The fourth-order valence-corrected chi connectivity index (χ4v) is 11.7. The minimum Gasteiger partial charge on any atom is -1.00 e. The first-order valence-corrected chi connectivity index (χ1v) is 16.9. The van der Waals surface area contributed by atoms with Crippen LogP contribution >= 0.6 is 0 Å².